The fourth-order valence-electron chi connectivity index (χ4n) is 2.97. The number of benzene rings is 2. The number of hydrogen-bond donors (Lipinski definition) is 1. The number of carbonyl (C=O) groups is 2. The summed E-state index contributed by atoms with van der Waals surface area (Å²) in [7, 11) is 0. The molecule has 30 heavy (non-hydrogen) atoms. The van der Waals surface area contributed by atoms with Crippen molar-refractivity contribution < 1.29 is 24.2 Å². The summed E-state index contributed by atoms with van der Waals surface area (Å²) in [5.41, 5.74) is 2.67. The van der Waals surface area contributed by atoms with Crippen LogP contribution in [0.3, 0.4) is 0 Å². The van der Waals surface area contributed by atoms with Gasteiger partial charge in [-0.1, -0.05) is 6.58 Å². The van der Waals surface area contributed by atoms with Crippen molar-refractivity contribution in [2.45, 2.75) is 34.6 Å². The van der Waals surface area contributed by atoms with E-state index in [2.05, 4.69) is 6.58 Å². The molecule has 156 valence electrons. The van der Waals surface area contributed by atoms with Crippen molar-refractivity contribution in [3.8, 4) is 22.9 Å². The van der Waals surface area contributed by atoms with Crippen LogP contribution in [-0.2, 0) is 9.59 Å². The molecule has 0 saturated heterocycles. The number of ether oxygens (including phenoxy) is 2. The van der Waals surface area contributed by atoms with Gasteiger partial charge in [0.05, 0.1) is 5.41 Å². The Morgan fingerprint density at radius 3 is 2.33 bits per heavy atom. The second kappa shape index (κ2) is 6.41. The predicted octanol–water partition coefficient (Wildman–Crippen LogP) is 3.87. The van der Waals surface area contributed by atoms with Gasteiger partial charge in [-0.2, -0.15) is 0 Å². The number of phenolic OH excluding ortho intramolecular Hbond substituents is 1. The highest BCUT2D eigenvalue weighted by Gasteiger charge is 2.28. The Morgan fingerprint density at radius 2 is 1.70 bits per heavy atom. The van der Waals surface area contributed by atoms with Crippen molar-refractivity contribution in [2.24, 2.45) is 5.41 Å². The van der Waals surface area contributed by atoms with Crippen molar-refractivity contribution >= 4 is 23.0 Å². The van der Waals surface area contributed by atoms with Gasteiger partial charge in [0, 0.05) is 17.7 Å². The molecule has 0 aliphatic rings. The monoisotopic (exact) mass is 409 g/mol. The van der Waals surface area contributed by atoms with E-state index in [9.17, 15) is 14.7 Å². The smallest absolute Gasteiger partial charge is 0.338 e. The average molecular weight is 409 g/mol. The molecule has 4 aromatic rings. The minimum Gasteiger partial charge on any atom is -0.505 e. The van der Waals surface area contributed by atoms with Gasteiger partial charge in [-0.15, -0.1) is 14.1 Å². The molecule has 0 saturated carbocycles. The van der Waals surface area contributed by atoms with Gasteiger partial charge < -0.3 is 14.6 Å². The minimum atomic E-state index is -0.598. The maximum Gasteiger partial charge on any atom is 0.338 e. The second-order valence-corrected chi connectivity index (χ2v) is 8.43. The van der Waals surface area contributed by atoms with Gasteiger partial charge in [-0.05, 0) is 58.4 Å². The molecule has 0 radical (unpaired) electrons. The summed E-state index contributed by atoms with van der Waals surface area (Å²) in [4.78, 5) is 25.7. The van der Waals surface area contributed by atoms with E-state index in [0.29, 0.717) is 17.0 Å². The molecule has 0 aliphatic carbocycles. The van der Waals surface area contributed by atoms with E-state index in [1.165, 1.54) is 6.07 Å². The van der Waals surface area contributed by atoms with E-state index >= 15 is 0 Å². The van der Waals surface area contributed by atoms with E-state index in [0.717, 1.165) is 11.0 Å². The molecule has 0 atom stereocenters. The molecule has 2 heterocycles. The third-order valence-corrected chi connectivity index (χ3v) is 4.75. The first-order chi connectivity index (χ1) is 14.0. The lowest BCUT2D eigenvalue weighted by atomic mass is 9.97. The minimum absolute atomic E-state index is 0.0372. The number of aromatic nitrogens is 3. The fraction of sp³-hybridized carbons (Fsp3) is 0.273. The normalized spacial score (nSPS) is 12.0. The quantitative estimate of drug-likeness (QED) is 0.314. The third-order valence-electron chi connectivity index (χ3n) is 4.75. The van der Waals surface area contributed by atoms with Crippen LogP contribution in [0.1, 0.15) is 33.3 Å². The number of nitrogens with zero attached hydrogens (tertiary/aromatic N) is 3. The summed E-state index contributed by atoms with van der Waals surface area (Å²) in [6.45, 7) is 12.3. The van der Waals surface area contributed by atoms with E-state index in [-0.39, 0.29) is 23.0 Å². The second-order valence-electron chi connectivity index (χ2n) is 8.43. The molecule has 0 aliphatic heterocycles. The van der Waals surface area contributed by atoms with Crippen LogP contribution in [0.4, 0.5) is 0 Å². The molecular weight excluding hydrogens is 386 g/mol. The fourth-order valence-corrected chi connectivity index (χ4v) is 2.97. The lowest BCUT2D eigenvalue weighted by Gasteiger charge is -2.16. The molecule has 0 unspecified atom stereocenters. The lowest BCUT2D eigenvalue weighted by Crippen LogP contribution is -2.25. The van der Waals surface area contributed by atoms with Gasteiger partial charge in [-0.25, -0.2) is 4.79 Å². The molecule has 8 nitrogen and oxygen atoms in total. The average Bonchev–Trinajstić information content (AvgIpc) is 3.30. The summed E-state index contributed by atoms with van der Waals surface area (Å²) in [6, 6.07) is 8.51. The Kier molecular flexibility index (Phi) is 4.20. The first-order valence-electron chi connectivity index (χ1n) is 9.47. The molecule has 0 amide bonds. The molecule has 4 rings (SSSR count). The highest BCUT2D eigenvalue weighted by Crippen LogP contribution is 2.36. The standard InChI is InChI=1S/C22H23N3O5/c1-12(2)20(27)30-19-11-18(26)17(9-13(19)3)25-23-15-8-7-14(10-16(15)24(23)25)29-21(28)22(4,5)6/h7-11,26H,1H2,2-6H3. The Balaban J connectivity index is 1.65. The van der Waals surface area contributed by atoms with Crippen LogP contribution in [0.2, 0.25) is 0 Å². The topological polar surface area (TPSA) is 86.6 Å². The molecule has 2 aromatic carbocycles. The van der Waals surface area contributed by atoms with Gasteiger partial charge in [0.1, 0.15) is 34.0 Å². The molecule has 2 aromatic heterocycles. The third kappa shape index (κ3) is 3.10. The number of hydrogen-bond acceptors (Lipinski definition) is 5. The first-order valence-corrected chi connectivity index (χ1v) is 9.47. The molecule has 8 heteroatoms. The van der Waals surface area contributed by atoms with Gasteiger partial charge in [0.2, 0.25) is 0 Å². The predicted molar refractivity (Wildman–Crippen MR) is 111 cm³/mol. The summed E-state index contributed by atoms with van der Waals surface area (Å²) in [6.07, 6.45) is 0. The Labute approximate surface area is 172 Å². The van der Waals surface area contributed by atoms with Crippen LogP contribution >= 0.6 is 0 Å². The SMILES string of the molecule is C=C(C)C(=O)Oc1cc(O)c(-n2n3c4ccc(OC(=O)C(C)(C)C)cc4n23)cc1C. The van der Waals surface area contributed by atoms with Crippen molar-refractivity contribution in [1.82, 2.24) is 14.1 Å². The van der Waals surface area contributed by atoms with E-state index in [4.69, 9.17) is 9.47 Å². The van der Waals surface area contributed by atoms with E-state index in [1.54, 1.807) is 57.6 Å². The van der Waals surface area contributed by atoms with E-state index in [1.807, 2.05) is 15.3 Å². The zero-order valence-corrected chi connectivity index (χ0v) is 17.5. The number of esters is 2. The van der Waals surface area contributed by atoms with Crippen LogP contribution in [0.5, 0.6) is 17.2 Å². The number of phenols is 1. The molecular formula is C22H23N3O5. The Bertz CT molecular complexity index is 1310. The van der Waals surface area contributed by atoms with Crippen LogP contribution < -0.4 is 9.47 Å². The highest BCUT2D eigenvalue weighted by molar-refractivity contribution is 5.89. The summed E-state index contributed by atoms with van der Waals surface area (Å²) < 4.78 is 14.4. The lowest BCUT2D eigenvalue weighted by molar-refractivity contribution is -0.143. The van der Waals surface area contributed by atoms with Gasteiger partial charge >= 0.3 is 11.9 Å². The molecule has 0 spiro atoms. The van der Waals surface area contributed by atoms with Crippen LogP contribution in [0.15, 0.2) is 42.5 Å². The number of aromatic hydroxyl groups is 1. The van der Waals surface area contributed by atoms with E-state index < -0.39 is 11.4 Å². The van der Waals surface area contributed by atoms with Crippen LogP contribution in [-0.4, -0.2) is 31.1 Å². The molecule has 0 bridgehead atoms. The Hall–Kier alpha value is -3.68. The summed E-state index contributed by atoms with van der Waals surface area (Å²) in [5.74, 6) is -0.159. The number of aryl methyl sites for hydroxylation is 1. The van der Waals surface area contributed by atoms with Crippen LogP contribution in [0.25, 0.3) is 16.7 Å². The number of rotatable bonds is 4. The Morgan fingerprint density at radius 1 is 1.03 bits per heavy atom. The number of fused-ring (bicyclic) bond motifs is 4. The van der Waals surface area contributed by atoms with Gasteiger partial charge in [0.15, 0.2) is 0 Å². The van der Waals surface area contributed by atoms with Gasteiger partial charge in [0.25, 0.3) is 0 Å². The van der Waals surface area contributed by atoms with Crippen molar-refractivity contribution in [3.63, 3.8) is 0 Å². The van der Waals surface area contributed by atoms with Gasteiger partial charge in [-0.3, -0.25) is 4.79 Å². The zero-order valence-electron chi connectivity index (χ0n) is 17.5. The summed E-state index contributed by atoms with van der Waals surface area (Å²) in [5, 5.41) is 10.5. The highest BCUT2D eigenvalue weighted by atomic mass is 16.5. The maximum absolute atomic E-state index is 12.1. The van der Waals surface area contributed by atoms with Crippen LogP contribution in [0, 0.1) is 12.3 Å². The maximum atomic E-state index is 12.1. The van der Waals surface area contributed by atoms with Crippen molar-refractivity contribution in [3.05, 3.63) is 48.0 Å². The van der Waals surface area contributed by atoms with Crippen molar-refractivity contribution in [2.75, 3.05) is 0 Å². The first kappa shape index (κ1) is 19.6. The molecule has 1 N–H and O–H groups in total. The zero-order chi connectivity index (χ0) is 22.0. The number of carbonyl (C=O) groups excluding carboxylic acids is 2. The molecule has 0 fully saturated rings. The summed E-state index contributed by atoms with van der Waals surface area (Å²) >= 11 is 0. The van der Waals surface area contributed by atoms with Crippen molar-refractivity contribution in [1.29, 1.82) is 0 Å². The largest absolute Gasteiger partial charge is 0.505 e.